The number of aryl methyl sites for hydroxylation is 2. The van der Waals surface area contributed by atoms with Gasteiger partial charge in [-0.2, -0.15) is 5.26 Å². The van der Waals surface area contributed by atoms with E-state index in [0.29, 0.717) is 11.1 Å². The lowest BCUT2D eigenvalue weighted by molar-refractivity contribution is 0.393. The van der Waals surface area contributed by atoms with Gasteiger partial charge in [0.05, 0.1) is 17.3 Å². The van der Waals surface area contributed by atoms with Gasteiger partial charge in [-0.25, -0.2) is 0 Å². The second kappa shape index (κ2) is 8.15. The summed E-state index contributed by atoms with van der Waals surface area (Å²) in [5.41, 5.74) is 4.04. The standard InChI is InChI=1S/C24H23N3O2/c1-15-10-11-22(16(2)12-15)26-14-21-17(3)20(13-25)23(28)27(24(21)29)18(4)19-8-6-5-7-9-19/h5-12,14,18,29H,1-4H3. The SMILES string of the molecule is Cc1ccc(N=Cc2c(C)c(C#N)c(=O)n(C(C)c3ccccc3)c2O)c(C)c1. The number of rotatable bonds is 4. The quantitative estimate of drug-likeness (QED) is 0.661. The lowest BCUT2D eigenvalue weighted by Crippen LogP contribution is -2.28. The molecule has 3 rings (SSSR count). The van der Waals surface area contributed by atoms with Crippen LogP contribution in [0.2, 0.25) is 0 Å². The van der Waals surface area contributed by atoms with Crippen LogP contribution in [0.15, 0.2) is 58.3 Å². The molecule has 1 heterocycles. The van der Waals surface area contributed by atoms with E-state index in [0.717, 1.165) is 22.4 Å². The molecular weight excluding hydrogens is 362 g/mol. The molecule has 0 aliphatic carbocycles. The van der Waals surface area contributed by atoms with Gasteiger partial charge in [0, 0.05) is 6.21 Å². The first kappa shape index (κ1) is 20.1. The van der Waals surface area contributed by atoms with Gasteiger partial charge >= 0.3 is 0 Å². The molecule has 3 aromatic rings. The average molecular weight is 385 g/mol. The Morgan fingerprint density at radius 1 is 1.14 bits per heavy atom. The number of aromatic hydroxyl groups is 1. The zero-order valence-electron chi connectivity index (χ0n) is 17.0. The number of aliphatic imine (C=N–C) groups is 1. The van der Waals surface area contributed by atoms with E-state index >= 15 is 0 Å². The van der Waals surface area contributed by atoms with Crippen molar-refractivity contribution in [2.45, 2.75) is 33.7 Å². The van der Waals surface area contributed by atoms with E-state index < -0.39 is 11.6 Å². The third kappa shape index (κ3) is 3.83. The summed E-state index contributed by atoms with van der Waals surface area (Å²) in [6.07, 6.45) is 1.52. The molecule has 0 saturated heterocycles. The molecule has 2 aromatic carbocycles. The second-order valence-corrected chi connectivity index (χ2v) is 7.16. The topological polar surface area (TPSA) is 78.4 Å². The first-order chi connectivity index (χ1) is 13.8. The maximum Gasteiger partial charge on any atom is 0.272 e. The van der Waals surface area contributed by atoms with Crippen LogP contribution in [0.25, 0.3) is 0 Å². The van der Waals surface area contributed by atoms with Crippen LogP contribution in [-0.2, 0) is 0 Å². The molecule has 0 bridgehead atoms. The third-order valence-corrected chi connectivity index (χ3v) is 5.15. The zero-order chi connectivity index (χ0) is 21.1. The second-order valence-electron chi connectivity index (χ2n) is 7.16. The van der Waals surface area contributed by atoms with Crippen LogP contribution in [0.3, 0.4) is 0 Å². The van der Waals surface area contributed by atoms with Crippen molar-refractivity contribution in [3.05, 3.63) is 92.3 Å². The molecule has 5 nitrogen and oxygen atoms in total. The Balaban J connectivity index is 2.19. The molecule has 0 amide bonds. The molecule has 146 valence electrons. The van der Waals surface area contributed by atoms with Gasteiger partial charge in [-0.15, -0.1) is 0 Å². The van der Waals surface area contributed by atoms with Gasteiger partial charge in [0.2, 0.25) is 5.88 Å². The Morgan fingerprint density at radius 2 is 1.83 bits per heavy atom. The molecule has 0 fully saturated rings. The maximum absolute atomic E-state index is 12.9. The van der Waals surface area contributed by atoms with Crippen molar-refractivity contribution in [1.82, 2.24) is 4.57 Å². The molecule has 1 unspecified atom stereocenters. The van der Waals surface area contributed by atoms with E-state index in [1.807, 2.05) is 75.4 Å². The van der Waals surface area contributed by atoms with Crippen molar-refractivity contribution in [3.8, 4) is 11.9 Å². The summed E-state index contributed by atoms with van der Waals surface area (Å²) in [6, 6.07) is 16.8. The highest BCUT2D eigenvalue weighted by molar-refractivity contribution is 5.87. The zero-order valence-corrected chi connectivity index (χ0v) is 17.0. The molecule has 0 aliphatic rings. The molecule has 1 aromatic heterocycles. The molecule has 1 atom stereocenters. The molecule has 0 radical (unpaired) electrons. The van der Waals surface area contributed by atoms with Gasteiger partial charge in [0.1, 0.15) is 11.6 Å². The predicted molar refractivity (Wildman–Crippen MR) is 115 cm³/mol. The van der Waals surface area contributed by atoms with Gasteiger partial charge in [0.25, 0.3) is 5.56 Å². The van der Waals surface area contributed by atoms with Crippen LogP contribution in [-0.4, -0.2) is 15.9 Å². The summed E-state index contributed by atoms with van der Waals surface area (Å²) >= 11 is 0. The van der Waals surface area contributed by atoms with Crippen LogP contribution in [0.4, 0.5) is 5.69 Å². The fraction of sp³-hybridized carbons (Fsp3) is 0.208. The first-order valence-electron chi connectivity index (χ1n) is 9.39. The van der Waals surface area contributed by atoms with E-state index in [4.69, 9.17) is 0 Å². The Bertz CT molecular complexity index is 1190. The normalized spacial score (nSPS) is 12.1. The van der Waals surface area contributed by atoms with Crippen LogP contribution < -0.4 is 5.56 Å². The minimum absolute atomic E-state index is 0.00709. The lowest BCUT2D eigenvalue weighted by atomic mass is 10.0. The number of hydrogen-bond acceptors (Lipinski definition) is 4. The fourth-order valence-electron chi connectivity index (χ4n) is 3.42. The van der Waals surface area contributed by atoms with E-state index in [1.165, 1.54) is 10.8 Å². The van der Waals surface area contributed by atoms with Crippen LogP contribution in [0.1, 0.15) is 46.3 Å². The van der Waals surface area contributed by atoms with Crippen molar-refractivity contribution in [3.63, 3.8) is 0 Å². The van der Waals surface area contributed by atoms with Crippen LogP contribution in [0.5, 0.6) is 5.88 Å². The molecule has 1 N–H and O–H groups in total. The molecule has 5 heteroatoms. The van der Waals surface area contributed by atoms with E-state index in [1.54, 1.807) is 6.92 Å². The molecular formula is C24H23N3O2. The van der Waals surface area contributed by atoms with Crippen LogP contribution in [0, 0.1) is 32.1 Å². The Morgan fingerprint density at radius 3 is 2.45 bits per heavy atom. The van der Waals surface area contributed by atoms with Crippen molar-refractivity contribution in [2.75, 3.05) is 0 Å². The summed E-state index contributed by atoms with van der Waals surface area (Å²) in [7, 11) is 0. The highest BCUT2D eigenvalue weighted by atomic mass is 16.3. The van der Waals surface area contributed by atoms with Gasteiger partial charge < -0.3 is 5.11 Å². The number of hydrogen-bond donors (Lipinski definition) is 1. The monoisotopic (exact) mass is 385 g/mol. The summed E-state index contributed by atoms with van der Waals surface area (Å²) in [6.45, 7) is 7.44. The van der Waals surface area contributed by atoms with Crippen molar-refractivity contribution >= 4 is 11.9 Å². The first-order valence-corrected chi connectivity index (χ1v) is 9.39. The molecule has 0 aliphatic heterocycles. The van der Waals surface area contributed by atoms with E-state index in [2.05, 4.69) is 4.99 Å². The largest absolute Gasteiger partial charge is 0.494 e. The number of nitriles is 1. The number of aromatic nitrogens is 1. The Hall–Kier alpha value is -3.65. The highest BCUT2D eigenvalue weighted by Gasteiger charge is 2.22. The van der Waals surface area contributed by atoms with Gasteiger partial charge in [0.15, 0.2) is 0 Å². The molecule has 29 heavy (non-hydrogen) atoms. The van der Waals surface area contributed by atoms with E-state index in [9.17, 15) is 15.2 Å². The highest BCUT2D eigenvalue weighted by Crippen LogP contribution is 2.27. The van der Waals surface area contributed by atoms with E-state index in [-0.39, 0.29) is 11.4 Å². The minimum Gasteiger partial charge on any atom is -0.494 e. The smallest absolute Gasteiger partial charge is 0.272 e. The number of pyridine rings is 1. The van der Waals surface area contributed by atoms with Gasteiger partial charge in [-0.1, -0.05) is 48.0 Å². The van der Waals surface area contributed by atoms with Crippen molar-refractivity contribution < 1.29 is 5.11 Å². The number of nitrogens with zero attached hydrogens (tertiary/aromatic N) is 3. The van der Waals surface area contributed by atoms with Gasteiger partial charge in [-0.3, -0.25) is 14.4 Å². The third-order valence-electron chi connectivity index (χ3n) is 5.15. The minimum atomic E-state index is -0.512. The summed E-state index contributed by atoms with van der Waals surface area (Å²) in [5.74, 6) is -0.198. The van der Waals surface area contributed by atoms with Crippen molar-refractivity contribution in [2.24, 2.45) is 4.99 Å². The average Bonchev–Trinajstić information content (AvgIpc) is 2.70. The summed E-state index contributed by atoms with van der Waals surface area (Å²) in [5, 5.41) is 20.5. The summed E-state index contributed by atoms with van der Waals surface area (Å²) in [4.78, 5) is 17.4. The Kier molecular flexibility index (Phi) is 5.65. The van der Waals surface area contributed by atoms with Crippen LogP contribution >= 0.6 is 0 Å². The fourth-order valence-corrected chi connectivity index (χ4v) is 3.42. The Labute approximate surface area is 170 Å². The van der Waals surface area contributed by atoms with Crippen molar-refractivity contribution in [1.29, 1.82) is 5.26 Å². The lowest BCUT2D eigenvalue weighted by Gasteiger charge is -2.20. The molecule has 0 saturated carbocycles. The molecule has 0 spiro atoms. The summed E-state index contributed by atoms with van der Waals surface area (Å²) < 4.78 is 1.25. The predicted octanol–water partition coefficient (Wildman–Crippen LogP) is 4.71. The maximum atomic E-state index is 12.9. The number of benzene rings is 2. The van der Waals surface area contributed by atoms with Gasteiger partial charge in [-0.05, 0) is 50.5 Å².